The van der Waals surface area contributed by atoms with E-state index in [0.29, 0.717) is 24.6 Å². The molecular formula is C19H22F3N3O2S. The molecule has 0 aliphatic heterocycles. The van der Waals surface area contributed by atoms with Crippen molar-refractivity contribution in [3.8, 4) is 0 Å². The minimum atomic E-state index is -4.39. The second-order valence-corrected chi connectivity index (χ2v) is 8.18. The maximum atomic E-state index is 12.8. The third kappa shape index (κ3) is 6.56. The molecule has 2 rings (SSSR count). The highest BCUT2D eigenvalue weighted by atomic mass is 32.2. The first-order chi connectivity index (χ1) is 13.1. The minimum absolute atomic E-state index is 0.0896. The fraction of sp³-hybridized carbons (Fsp3) is 0.316. The molecule has 0 fully saturated rings. The zero-order chi connectivity index (χ0) is 20.8. The van der Waals surface area contributed by atoms with Crippen LogP contribution in [0.5, 0.6) is 0 Å². The summed E-state index contributed by atoms with van der Waals surface area (Å²) < 4.78 is 61.4. The van der Waals surface area contributed by atoms with E-state index < -0.39 is 21.6 Å². The van der Waals surface area contributed by atoms with E-state index in [1.807, 2.05) is 6.92 Å². The molecule has 0 aliphatic rings. The number of hydrogen-bond donors (Lipinski definition) is 2. The smallest absolute Gasteiger partial charge is 0.357 e. The fourth-order valence-corrected chi connectivity index (χ4v) is 3.03. The quantitative estimate of drug-likeness (QED) is 0.563. The van der Waals surface area contributed by atoms with Gasteiger partial charge in [0.2, 0.25) is 0 Å². The van der Waals surface area contributed by atoms with Gasteiger partial charge in [-0.25, -0.2) is 13.4 Å². The van der Waals surface area contributed by atoms with Crippen molar-refractivity contribution >= 4 is 15.8 Å². The summed E-state index contributed by atoms with van der Waals surface area (Å²) >= 11 is 0. The number of nitrogens with one attached hydrogen (secondary N) is 2. The normalized spacial score (nSPS) is 12.7. The van der Waals surface area contributed by atoms with Crippen molar-refractivity contribution in [1.82, 2.24) is 10.6 Å². The van der Waals surface area contributed by atoms with Crippen molar-refractivity contribution in [2.24, 2.45) is 4.99 Å². The molecular weight excluding hydrogens is 391 g/mol. The van der Waals surface area contributed by atoms with E-state index >= 15 is 0 Å². The molecule has 0 aromatic heterocycles. The zero-order valence-corrected chi connectivity index (χ0v) is 16.4. The van der Waals surface area contributed by atoms with Gasteiger partial charge in [-0.2, -0.15) is 13.2 Å². The van der Waals surface area contributed by atoms with Gasteiger partial charge in [-0.05, 0) is 42.3 Å². The summed E-state index contributed by atoms with van der Waals surface area (Å²) in [4.78, 5) is 4.55. The SMILES string of the molecule is CCNC(=NCc1cccc(C(F)(F)F)c1)NCc1ccc(S(C)(=O)=O)cc1. The topological polar surface area (TPSA) is 70.6 Å². The van der Waals surface area contributed by atoms with Crippen LogP contribution in [0.15, 0.2) is 58.4 Å². The van der Waals surface area contributed by atoms with Gasteiger partial charge in [0.05, 0.1) is 17.0 Å². The van der Waals surface area contributed by atoms with Gasteiger partial charge < -0.3 is 10.6 Å². The van der Waals surface area contributed by atoms with Crippen LogP contribution in [0, 0.1) is 0 Å². The summed E-state index contributed by atoms with van der Waals surface area (Å²) in [5.41, 5.74) is 0.589. The van der Waals surface area contributed by atoms with Crippen molar-refractivity contribution in [2.45, 2.75) is 31.1 Å². The molecule has 152 valence electrons. The Bertz CT molecular complexity index is 924. The second kappa shape index (κ2) is 9.09. The number of aliphatic imine (C=N–C) groups is 1. The molecule has 2 aromatic carbocycles. The molecule has 0 atom stereocenters. The molecule has 0 heterocycles. The zero-order valence-electron chi connectivity index (χ0n) is 15.5. The molecule has 0 amide bonds. The van der Waals surface area contributed by atoms with Gasteiger partial charge in [-0.1, -0.05) is 24.3 Å². The summed E-state index contributed by atoms with van der Waals surface area (Å²) in [6, 6.07) is 11.5. The fourth-order valence-electron chi connectivity index (χ4n) is 2.40. The molecule has 9 heteroatoms. The van der Waals surface area contributed by atoms with E-state index in [0.717, 1.165) is 24.0 Å². The standard InChI is InChI=1S/C19H22F3N3O2S/c1-3-23-18(24-12-14-7-9-17(10-8-14)28(2,26)27)25-13-15-5-4-6-16(11-15)19(20,21)22/h4-11H,3,12-13H2,1-2H3,(H2,23,24,25). The van der Waals surface area contributed by atoms with Gasteiger partial charge in [-0.15, -0.1) is 0 Å². The first kappa shape index (κ1) is 21.7. The average molecular weight is 413 g/mol. The van der Waals surface area contributed by atoms with E-state index in [4.69, 9.17) is 0 Å². The maximum Gasteiger partial charge on any atom is 0.416 e. The molecule has 5 nitrogen and oxygen atoms in total. The Hall–Kier alpha value is -2.55. The number of guanidine groups is 1. The number of nitrogens with zero attached hydrogens (tertiary/aromatic N) is 1. The summed E-state index contributed by atoms with van der Waals surface area (Å²) in [5.74, 6) is 0.451. The van der Waals surface area contributed by atoms with Crippen LogP contribution in [0.4, 0.5) is 13.2 Å². The third-order valence-corrected chi connectivity index (χ3v) is 4.96. The monoisotopic (exact) mass is 413 g/mol. The molecule has 0 saturated carbocycles. The molecule has 2 N–H and O–H groups in total. The molecule has 2 aromatic rings. The second-order valence-electron chi connectivity index (χ2n) is 6.16. The van der Waals surface area contributed by atoms with Gasteiger partial charge in [0.1, 0.15) is 0 Å². The maximum absolute atomic E-state index is 12.8. The largest absolute Gasteiger partial charge is 0.416 e. The number of halogens is 3. The minimum Gasteiger partial charge on any atom is -0.357 e. The molecule has 0 aliphatic carbocycles. The highest BCUT2D eigenvalue weighted by molar-refractivity contribution is 7.90. The van der Waals surface area contributed by atoms with Gasteiger partial charge >= 0.3 is 6.18 Å². The van der Waals surface area contributed by atoms with Crippen LogP contribution in [-0.4, -0.2) is 27.2 Å². The molecule has 28 heavy (non-hydrogen) atoms. The Morgan fingerprint density at radius 1 is 1.04 bits per heavy atom. The van der Waals surface area contributed by atoms with Crippen molar-refractivity contribution < 1.29 is 21.6 Å². The van der Waals surface area contributed by atoms with Crippen LogP contribution in [0.3, 0.4) is 0 Å². The van der Waals surface area contributed by atoms with Crippen LogP contribution >= 0.6 is 0 Å². The molecule has 0 unspecified atom stereocenters. The summed E-state index contributed by atoms with van der Waals surface area (Å²) in [6.45, 7) is 2.94. The van der Waals surface area contributed by atoms with Crippen molar-refractivity contribution in [3.05, 3.63) is 65.2 Å². The number of benzene rings is 2. The average Bonchev–Trinajstić information content (AvgIpc) is 2.63. The highest BCUT2D eigenvalue weighted by Gasteiger charge is 2.30. The third-order valence-electron chi connectivity index (χ3n) is 3.83. The molecule has 0 saturated heterocycles. The van der Waals surface area contributed by atoms with Crippen molar-refractivity contribution in [2.75, 3.05) is 12.8 Å². The predicted molar refractivity (Wildman–Crippen MR) is 103 cm³/mol. The lowest BCUT2D eigenvalue weighted by Gasteiger charge is -2.12. The Morgan fingerprint density at radius 2 is 1.71 bits per heavy atom. The summed E-state index contributed by atoms with van der Waals surface area (Å²) in [5, 5.41) is 6.10. The Balaban J connectivity index is 2.05. The van der Waals surface area contributed by atoms with Gasteiger partial charge in [0.15, 0.2) is 15.8 Å². The van der Waals surface area contributed by atoms with Crippen LogP contribution in [0.25, 0.3) is 0 Å². The summed E-state index contributed by atoms with van der Waals surface area (Å²) in [6.07, 6.45) is -3.25. The Kier molecular flexibility index (Phi) is 7.06. The lowest BCUT2D eigenvalue weighted by Crippen LogP contribution is -2.36. The Labute approximate surface area is 162 Å². The first-order valence-electron chi connectivity index (χ1n) is 8.57. The van der Waals surface area contributed by atoms with Crippen molar-refractivity contribution in [1.29, 1.82) is 0 Å². The van der Waals surface area contributed by atoms with E-state index in [1.54, 1.807) is 18.2 Å². The van der Waals surface area contributed by atoms with E-state index in [2.05, 4.69) is 15.6 Å². The van der Waals surface area contributed by atoms with E-state index in [9.17, 15) is 21.6 Å². The molecule has 0 radical (unpaired) electrons. The first-order valence-corrected chi connectivity index (χ1v) is 10.5. The molecule has 0 spiro atoms. The van der Waals surface area contributed by atoms with E-state index in [1.165, 1.54) is 18.2 Å². The van der Waals surface area contributed by atoms with Crippen molar-refractivity contribution in [3.63, 3.8) is 0 Å². The molecule has 0 bridgehead atoms. The van der Waals surface area contributed by atoms with Gasteiger partial charge in [0.25, 0.3) is 0 Å². The summed E-state index contributed by atoms with van der Waals surface area (Å²) in [7, 11) is -3.25. The van der Waals surface area contributed by atoms with Gasteiger partial charge in [0, 0.05) is 19.3 Å². The van der Waals surface area contributed by atoms with Crippen LogP contribution in [0.1, 0.15) is 23.6 Å². The number of sulfone groups is 1. The Morgan fingerprint density at radius 3 is 2.29 bits per heavy atom. The van der Waals surface area contributed by atoms with Crippen LogP contribution in [-0.2, 0) is 29.1 Å². The highest BCUT2D eigenvalue weighted by Crippen LogP contribution is 2.29. The lowest BCUT2D eigenvalue weighted by atomic mass is 10.1. The predicted octanol–water partition coefficient (Wildman–Crippen LogP) is 3.36. The number of hydrogen-bond acceptors (Lipinski definition) is 3. The number of alkyl halides is 3. The van der Waals surface area contributed by atoms with Crippen LogP contribution < -0.4 is 10.6 Å². The number of rotatable bonds is 6. The van der Waals surface area contributed by atoms with Crippen LogP contribution in [0.2, 0.25) is 0 Å². The van der Waals surface area contributed by atoms with Gasteiger partial charge in [-0.3, -0.25) is 0 Å². The van der Waals surface area contributed by atoms with E-state index in [-0.39, 0.29) is 11.4 Å². The lowest BCUT2D eigenvalue weighted by molar-refractivity contribution is -0.137.